The quantitative estimate of drug-likeness (QED) is 0.480. The lowest BCUT2D eigenvalue weighted by Crippen LogP contribution is -2.39. The smallest absolute Gasteiger partial charge is 0.379 e. The van der Waals surface area contributed by atoms with Gasteiger partial charge in [0.1, 0.15) is 5.69 Å². The minimum Gasteiger partial charge on any atom is -0.379 e. The molecule has 7 nitrogen and oxygen atoms in total. The zero-order valence-electron chi connectivity index (χ0n) is 20.3. The maximum absolute atomic E-state index is 13.2. The van der Waals surface area contributed by atoms with Crippen LogP contribution in [0.2, 0.25) is 0 Å². The van der Waals surface area contributed by atoms with Crippen LogP contribution in [-0.4, -0.2) is 58.4 Å². The average molecular weight is 505 g/mol. The van der Waals surface area contributed by atoms with Gasteiger partial charge in [0, 0.05) is 31.7 Å². The van der Waals surface area contributed by atoms with Crippen LogP contribution in [0.5, 0.6) is 0 Å². The van der Waals surface area contributed by atoms with Gasteiger partial charge in [-0.15, -0.1) is 0 Å². The van der Waals surface area contributed by atoms with E-state index in [4.69, 9.17) is 4.74 Å². The van der Waals surface area contributed by atoms with Gasteiger partial charge in [0.25, 0.3) is 5.91 Å². The average Bonchev–Trinajstić information content (AvgIpc) is 3.30. The van der Waals surface area contributed by atoms with E-state index in [1.807, 2.05) is 18.7 Å². The second-order valence-electron chi connectivity index (χ2n) is 9.50. The fourth-order valence-corrected chi connectivity index (χ4v) is 4.52. The summed E-state index contributed by atoms with van der Waals surface area (Å²) in [5.41, 5.74) is 1.46. The minimum absolute atomic E-state index is 0.139. The number of alkyl halides is 3. The van der Waals surface area contributed by atoms with Crippen molar-refractivity contribution >= 4 is 11.4 Å². The van der Waals surface area contributed by atoms with Gasteiger partial charge in [0.15, 0.2) is 6.23 Å². The molecule has 0 radical (unpaired) electrons. The van der Waals surface area contributed by atoms with E-state index in [1.165, 1.54) is 12.1 Å². The molecule has 1 saturated heterocycles. The second kappa shape index (κ2) is 11.0. The van der Waals surface area contributed by atoms with Crippen LogP contribution in [0.4, 0.5) is 13.2 Å². The molecule has 1 aliphatic rings. The summed E-state index contributed by atoms with van der Waals surface area (Å²) in [7, 11) is 0. The summed E-state index contributed by atoms with van der Waals surface area (Å²) in [6.07, 6.45) is -2.87. The highest BCUT2D eigenvalue weighted by molar-refractivity contribution is 6.00. The Morgan fingerprint density at radius 2 is 1.86 bits per heavy atom. The van der Waals surface area contributed by atoms with Crippen LogP contribution in [0.1, 0.15) is 59.6 Å². The van der Waals surface area contributed by atoms with Crippen LogP contribution in [0.3, 0.4) is 0 Å². The number of hydrogen-bond donors (Lipinski definition) is 2. The molecule has 4 rings (SSSR count). The Morgan fingerprint density at radius 3 is 2.50 bits per heavy atom. The molecule has 2 unspecified atom stereocenters. The zero-order chi connectivity index (χ0) is 25.9. The van der Waals surface area contributed by atoms with E-state index in [0.29, 0.717) is 49.5 Å². The molecule has 0 bridgehead atoms. The van der Waals surface area contributed by atoms with Crippen molar-refractivity contribution in [1.82, 2.24) is 19.8 Å². The lowest BCUT2D eigenvalue weighted by atomic mass is 9.89. The number of carbonyl (C=O) groups excluding carboxylic acids is 1. The molecule has 1 aliphatic heterocycles. The number of hydrogen-bond acceptors (Lipinski definition) is 5. The van der Waals surface area contributed by atoms with Gasteiger partial charge in [-0.1, -0.05) is 26.0 Å². The number of aliphatic hydroxyl groups is 1. The summed E-state index contributed by atoms with van der Waals surface area (Å²) >= 11 is 0. The fraction of sp³-hybridized carbons (Fsp3) is 0.462. The van der Waals surface area contributed by atoms with Crippen molar-refractivity contribution in [1.29, 1.82) is 0 Å². The Morgan fingerprint density at radius 1 is 1.17 bits per heavy atom. The third-order valence-electron chi connectivity index (χ3n) is 6.40. The normalized spacial score (nSPS) is 16.9. The molecule has 36 heavy (non-hydrogen) atoms. The number of pyridine rings is 1. The standard InChI is InChI=1S/C26H31F3N4O3/c1-17(2)14-19(18-5-7-20(8-6-18)26(27,28)29)16-30-24(34)21-4-3-9-33-23(21)15-22(31-33)25(35)32-10-12-36-13-11-32/h3-9,15,17,19,25,35H,10-14,16H2,1-2H3,(H,30,34). The molecule has 2 atom stereocenters. The number of fused-ring (bicyclic) bond motifs is 1. The first-order valence-corrected chi connectivity index (χ1v) is 12.1. The number of nitrogens with one attached hydrogen (secondary N) is 1. The van der Waals surface area contributed by atoms with Gasteiger partial charge >= 0.3 is 6.18 Å². The molecule has 3 aromatic rings. The van der Waals surface area contributed by atoms with Gasteiger partial charge in [-0.2, -0.15) is 18.3 Å². The van der Waals surface area contributed by atoms with Crippen LogP contribution in [0.25, 0.3) is 5.52 Å². The summed E-state index contributed by atoms with van der Waals surface area (Å²) in [4.78, 5) is 15.0. The number of morpholine rings is 1. The molecule has 10 heteroatoms. The van der Waals surface area contributed by atoms with E-state index in [-0.39, 0.29) is 24.3 Å². The van der Waals surface area contributed by atoms with Gasteiger partial charge in [-0.3, -0.25) is 9.69 Å². The number of benzene rings is 1. The number of nitrogens with zero attached hydrogens (tertiary/aromatic N) is 3. The van der Waals surface area contributed by atoms with Gasteiger partial charge in [0.2, 0.25) is 0 Å². The summed E-state index contributed by atoms with van der Waals surface area (Å²) < 4.78 is 45.8. The number of halogens is 3. The van der Waals surface area contributed by atoms with E-state index < -0.39 is 18.0 Å². The van der Waals surface area contributed by atoms with Crippen molar-refractivity contribution in [2.75, 3.05) is 32.8 Å². The first kappa shape index (κ1) is 26.1. The molecule has 1 aromatic carbocycles. The fourth-order valence-electron chi connectivity index (χ4n) is 4.52. The number of amides is 1. The number of rotatable bonds is 8. The molecule has 2 aromatic heterocycles. The van der Waals surface area contributed by atoms with Crippen molar-refractivity contribution in [2.45, 2.75) is 38.6 Å². The number of ether oxygens (including phenoxy) is 1. The molecule has 0 aliphatic carbocycles. The lowest BCUT2D eigenvalue weighted by molar-refractivity contribution is -0.137. The highest BCUT2D eigenvalue weighted by Crippen LogP contribution is 2.31. The molecule has 1 fully saturated rings. The topological polar surface area (TPSA) is 79.1 Å². The monoisotopic (exact) mass is 504 g/mol. The Balaban J connectivity index is 1.50. The van der Waals surface area contributed by atoms with Crippen LogP contribution in [0.15, 0.2) is 48.7 Å². The zero-order valence-corrected chi connectivity index (χ0v) is 20.3. The van der Waals surface area contributed by atoms with Crippen LogP contribution < -0.4 is 5.32 Å². The third kappa shape index (κ3) is 6.05. The first-order valence-electron chi connectivity index (χ1n) is 12.1. The largest absolute Gasteiger partial charge is 0.416 e. The molecule has 194 valence electrons. The summed E-state index contributed by atoms with van der Waals surface area (Å²) in [6.45, 7) is 6.59. The Hall–Kier alpha value is -2.95. The summed E-state index contributed by atoms with van der Waals surface area (Å²) in [5, 5.41) is 18.2. The van der Waals surface area contributed by atoms with Gasteiger partial charge < -0.3 is 15.2 Å². The van der Waals surface area contributed by atoms with Crippen molar-refractivity contribution < 1.29 is 27.8 Å². The Labute approximate surface area is 207 Å². The molecular weight excluding hydrogens is 473 g/mol. The number of aromatic nitrogens is 2. The van der Waals surface area contributed by atoms with E-state index in [2.05, 4.69) is 10.4 Å². The van der Waals surface area contributed by atoms with Gasteiger partial charge in [-0.25, -0.2) is 4.52 Å². The molecule has 3 heterocycles. The highest BCUT2D eigenvalue weighted by Gasteiger charge is 2.30. The SMILES string of the molecule is CC(C)CC(CNC(=O)c1cccn2nc(C(O)N3CCOCC3)cc12)c1ccc(C(F)(F)F)cc1. The molecule has 2 N–H and O–H groups in total. The highest BCUT2D eigenvalue weighted by atomic mass is 19.4. The summed E-state index contributed by atoms with van der Waals surface area (Å²) in [6, 6.07) is 10.2. The number of aliphatic hydroxyl groups excluding tert-OH is 1. The first-order chi connectivity index (χ1) is 17.1. The van der Waals surface area contributed by atoms with Crippen molar-refractivity contribution in [3.8, 4) is 0 Å². The van der Waals surface area contributed by atoms with Crippen molar-refractivity contribution in [3.05, 3.63) is 71.0 Å². The lowest BCUT2D eigenvalue weighted by Gasteiger charge is -2.29. The van der Waals surface area contributed by atoms with Crippen LogP contribution >= 0.6 is 0 Å². The molecule has 0 spiro atoms. The van der Waals surface area contributed by atoms with E-state index >= 15 is 0 Å². The van der Waals surface area contributed by atoms with Crippen LogP contribution in [-0.2, 0) is 10.9 Å². The van der Waals surface area contributed by atoms with E-state index in [0.717, 1.165) is 17.7 Å². The molecule has 0 saturated carbocycles. The maximum Gasteiger partial charge on any atom is 0.416 e. The predicted molar refractivity (Wildman–Crippen MR) is 129 cm³/mol. The van der Waals surface area contributed by atoms with Gasteiger partial charge in [0.05, 0.1) is 29.9 Å². The predicted octanol–water partition coefficient (Wildman–Crippen LogP) is 4.24. The summed E-state index contributed by atoms with van der Waals surface area (Å²) in [5.74, 6) is -0.162. The van der Waals surface area contributed by atoms with E-state index in [1.54, 1.807) is 28.9 Å². The Bertz CT molecular complexity index is 1170. The molecular formula is C26H31F3N4O3. The second-order valence-corrected chi connectivity index (χ2v) is 9.50. The van der Waals surface area contributed by atoms with E-state index in [9.17, 15) is 23.1 Å². The van der Waals surface area contributed by atoms with Gasteiger partial charge in [-0.05, 0) is 48.2 Å². The maximum atomic E-state index is 13.2. The van der Waals surface area contributed by atoms with Crippen molar-refractivity contribution in [3.63, 3.8) is 0 Å². The minimum atomic E-state index is -4.39. The number of carbonyl (C=O) groups is 1. The third-order valence-corrected chi connectivity index (χ3v) is 6.40. The molecule has 1 amide bonds. The Kier molecular flexibility index (Phi) is 7.97. The van der Waals surface area contributed by atoms with Crippen molar-refractivity contribution in [2.24, 2.45) is 5.92 Å². The van der Waals surface area contributed by atoms with Crippen LogP contribution in [0, 0.1) is 5.92 Å².